The molecule has 3 heteroatoms. The van der Waals surface area contributed by atoms with E-state index >= 15 is 0 Å². The highest BCUT2D eigenvalue weighted by Crippen LogP contribution is 2.62. The molecule has 2 N–H and O–H groups in total. The van der Waals surface area contributed by atoms with E-state index in [2.05, 4.69) is 9.97 Å². The molecule has 2 aliphatic carbocycles. The van der Waals surface area contributed by atoms with E-state index in [0.717, 1.165) is 18.5 Å². The molecule has 1 heterocycles. The third kappa shape index (κ3) is 0.879. The Morgan fingerprint density at radius 3 is 2.38 bits per heavy atom. The molecular weight excluding hydrogens is 162 g/mol. The summed E-state index contributed by atoms with van der Waals surface area (Å²) in [5, 5.41) is 0. The number of nitrogens with two attached hydrogens (primary N) is 1. The molecule has 68 valence electrons. The number of hydrogen-bond donors (Lipinski definition) is 1. The molecule has 0 aromatic carbocycles. The molecule has 0 aliphatic heterocycles. The van der Waals surface area contributed by atoms with Crippen molar-refractivity contribution >= 4 is 0 Å². The van der Waals surface area contributed by atoms with Gasteiger partial charge in [0.15, 0.2) is 0 Å². The first-order chi connectivity index (χ1) is 6.27. The summed E-state index contributed by atoms with van der Waals surface area (Å²) in [4.78, 5) is 8.49. The monoisotopic (exact) mass is 175 g/mol. The lowest BCUT2D eigenvalue weighted by molar-refractivity contribution is 0.489. The Morgan fingerprint density at radius 1 is 1.15 bits per heavy atom. The maximum atomic E-state index is 6.25. The van der Waals surface area contributed by atoms with Gasteiger partial charge < -0.3 is 5.73 Å². The molecular formula is C10H13N3. The van der Waals surface area contributed by atoms with Crippen LogP contribution in [0.4, 0.5) is 0 Å². The van der Waals surface area contributed by atoms with Crippen LogP contribution >= 0.6 is 0 Å². The zero-order valence-electron chi connectivity index (χ0n) is 7.53. The lowest BCUT2D eigenvalue weighted by Gasteiger charge is -2.21. The van der Waals surface area contributed by atoms with Crippen molar-refractivity contribution in [3.63, 3.8) is 0 Å². The second-order valence-corrected chi connectivity index (χ2v) is 4.33. The van der Waals surface area contributed by atoms with Crippen LogP contribution in [0.25, 0.3) is 0 Å². The van der Waals surface area contributed by atoms with Crippen LogP contribution in [0.2, 0.25) is 0 Å². The van der Waals surface area contributed by atoms with Crippen LogP contribution in [0.5, 0.6) is 0 Å². The maximum absolute atomic E-state index is 6.25. The number of nitrogens with zero attached hydrogens (tertiary/aromatic N) is 2. The van der Waals surface area contributed by atoms with E-state index in [-0.39, 0.29) is 11.0 Å². The summed E-state index contributed by atoms with van der Waals surface area (Å²) in [6.45, 7) is 0. The molecule has 0 saturated heterocycles. The summed E-state index contributed by atoms with van der Waals surface area (Å²) in [5.74, 6) is 0. The number of aromatic nitrogens is 2. The van der Waals surface area contributed by atoms with Gasteiger partial charge in [-0.2, -0.15) is 0 Å². The molecule has 0 bridgehead atoms. The van der Waals surface area contributed by atoms with Crippen molar-refractivity contribution in [1.29, 1.82) is 0 Å². The van der Waals surface area contributed by atoms with Gasteiger partial charge in [-0.15, -0.1) is 0 Å². The lowest BCUT2D eigenvalue weighted by Crippen LogP contribution is -2.37. The predicted octanol–water partition coefficient (Wildman–Crippen LogP) is 0.999. The predicted molar refractivity (Wildman–Crippen MR) is 49.1 cm³/mol. The molecule has 13 heavy (non-hydrogen) atoms. The SMILES string of the molecule is NC1(C2(c3cnccn3)CC2)CC1. The zero-order valence-corrected chi connectivity index (χ0v) is 7.53. The third-order valence-electron chi connectivity index (χ3n) is 3.55. The highest BCUT2D eigenvalue weighted by molar-refractivity contribution is 5.35. The summed E-state index contributed by atoms with van der Waals surface area (Å²) in [6.07, 6.45) is 10.1. The molecule has 0 unspecified atom stereocenters. The lowest BCUT2D eigenvalue weighted by atomic mass is 9.91. The first-order valence-electron chi connectivity index (χ1n) is 4.82. The molecule has 0 radical (unpaired) electrons. The molecule has 2 saturated carbocycles. The van der Waals surface area contributed by atoms with Crippen molar-refractivity contribution in [3.8, 4) is 0 Å². The Morgan fingerprint density at radius 2 is 1.92 bits per heavy atom. The van der Waals surface area contributed by atoms with Crippen LogP contribution in [0.3, 0.4) is 0 Å². The van der Waals surface area contributed by atoms with Gasteiger partial charge in [0.25, 0.3) is 0 Å². The van der Waals surface area contributed by atoms with Gasteiger partial charge in [0, 0.05) is 29.5 Å². The minimum Gasteiger partial charge on any atom is -0.324 e. The van der Waals surface area contributed by atoms with Crippen LogP contribution in [-0.4, -0.2) is 15.5 Å². The maximum Gasteiger partial charge on any atom is 0.0666 e. The average molecular weight is 175 g/mol. The third-order valence-corrected chi connectivity index (χ3v) is 3.55. The second-order valence-electron chi connectivity index (χ2n) is 4.33. The van der Waals surface area contributed by atoms with Gasteiger partial charge in [0.05, 0.1) is 5.69 Å². The highest BCUT2D eigenvalue weighted by atomic mass is 14.9. The van der Waals surface area contributed by atoms with Gasteiger partial charge in [0.2, 0.25) is 0 Å². The summed E-state index contributed by atoms with van der Waals surface area (Å²) in [5.41, 5.74) is 7.61. The minimum absolute atomic E-state index is 0.0586. The normalized spacial score (nSPS) is 26.8. The fourth-order valence-electron chi connectivity index (χ4n) is 2.29. The Labute approximate surface area is 77.4 Å². The molecule has 2 aliphatic rings. The Bertz CT molecular complexity index is 325. The Kier molecular flexibility index (Phi) is 1.20. The highest BCUT2D eigenvalue weighted by Gasteiger charge is 2.65. The average Bonchev–Trinajstić information content (AvgIpc) is 3.01. The van der Waals surface area contributed by atoms with Gasteiger partial charge in [-0.25, -0.2) is 0 Å². The van der Waals surface area contributed by atoms with Gasteiger partial charge in [-0.1, -0.05) is 0 Å². The summed E-state index contributed by atoms with van der Waals surface area (Å²) in [6, 6.07) is 0. The molecule has 3 nitrogen and oxygen atoms in total. The van der Waals surface area contributed by atoms with Gasteiger partial charge in [0.1, 0.15) is 0 Å². The van der Waals surface area contributed by atoms with Gasteiger partial charge in [-0.05, 0) is 25.7 Å². The van der Waals surface area contributed by atoms with Gasteiger partial charge >= 0.3 is 0 Å². The molecule has 0 spiro atoms. The zero-order chi connectivity index (χ0) is 8.94. The van der Waals surface area contributed by atoms with E-state index in [1.807, 2.05) is 6.20 Å². The van der Waals surface area contributed by atoms with Crippen LogP contribution in [0, 0.1) is 0 Å². The molecule has 1 aromatic rings. The van der Waals surface area contributed by atoms with Crippen LogP contribution in [0.1, 0.15) is 31.4 Å². The topological polar surface area (TPSA) is 51.8 Å². The summed E-state index contributed by atoms with van der Waals surface area (Å²) >= 11 is 0. The van der Waals surface area contributed by atoms with E-state index in [9.17, 15) is 0 Å². The molecule has 2 fully saturated rings. The number of rotatable bonds is 2. The number of hydrogen-bond acceptors (Lipinski definition) is 3. The molecule has 1 aromatic heterocycles. The first-order valence-corrected chi connectivity index (χ1v) is 4.82. The second kappa shape index (κ2) is 2.10. The molecule has 0 amide bonds. The smallest absolute Gasteiger partial charge is 0.0666 e. The fourth-order valence-corrected chi connectivity index (χ4v) is 2.29. The van der Waals surface area contributed by atoms with E-state index in [0.29, 0.717) is 0 Å². The largest absolute Gasteiger partial charge is 0.324 e. The van der Waals surface area contributed by atoms with Gasteiger partial charge in [-0.3, -0.25) is 9.97 Å². The van der Waals surface area contributed by atoms with Crippen LogP contribution in [-0.2, 0) is 5.41 Å². The van der Waals surface area contributed by atoms with Crippen molar-refractivity contribution in [2.45, 2.75) is 36.6 Å². The van der Waals surface area contributed by atoms with Crippen molar-refractivity contribution < 1.29 is 0 Å². The molecule has 0 atom stereocenters. The standard InChI is InChI=1S/C10H13N3/c11-10(3-4-10)9(1-2-9)8-7-12-5-6-13-8/h5-7H,1-4,11H2. The van der Waals surface area contributed by atoms with Crippen molar-refractivity contribution in [3.05, 3.63) is 24.3 Å². The van der Waals surface area contributed by atoms with E-state index < -0.39 is 0 Å². The van der Waals surface area contributed by atoms with Crippen molar-refractivity contribution in [2.24, 2.45) is 5.73 Å². The van der Waals surface area contributed by atoms with E-state index in [1.165, 1.54) is 12.8 Å². The van der Waals surface area contributed by atoms with Crippen molar-refractivity contribution in [1.82, 2.24) is 9.97 Å². The summed E-state index contributed by atoms with van der Waals surface area (Å²) in [7, 11) is 0. The Balaban J connectivity index is 2.01. The van der Waals surface area contributed by atoms with E-state index in [1.54, 1.807) is 12.4 Å². The van der Waals surface area contributed by atoms with Crippen molar-refractivity contribution in [2.75, 3.05) is 0 Å². The Hall–Kier alpha value is -0.960. The summed E-state index contributed by atoms with van der Waals surface area (Å²) < 4.78 is 0. The van der Waals surface area contributed by atoms with Crippen LogP contribution < -0.4 is 5.73 Å². The van der Waals surface area contributed by atoms with Crippen LogP contribution in [0.15, 0.2) is 18.6 Å². The fraction of sp³-hybridized carbons (Fsp3) is 0.600. The minimum atomic E-state index is 0.0586. The molecule has 3 rings (SSSR count). The van der Waals surface area contributed by atoms with E-state index in [4.69, 9.17) is 5.73 Å². The first kappa shape index (κ1) is 7.44. The quantitative estimate of drug-likeness (QED) is 0.729.